The van der Waals surface area contributed by atoms with Gasteiger partial charge in [-0.25, -0.2) is 0 Å². The van der Waals surface area contributed by atoms with E-state index >= 15 is 0 Å². The Bertz CT molecular complexity index is 814. The number of aliphatic hydroxyl groups excluding tert-OH is 1. The zero-order chi connectivity index (χ0) is 17.3. The third kappa shape index (κ3) is 2.05. The molecule has 2 bridgehead atoms. The van der Waals surface area contributed by atoms with E-state index in [1.54, 1.807) is 5.56 Å². The van der Waals surface area contributed by atoms with E-state index in [1.165, 1.54) is 16.6 Å². The van der Waals surface area contributed by atoms with Crippen LogP contribution in [-0.4, -0.2) is 47.0 Å². The maximum atomic E-state index is 9.99. The van der Waals surface area contributed by atoms with Gasteiger partial charge in [0, 0.05) is 48.1 Å². The van der Waals surface area contributed by atoms with Crippen molar-refractivity contribution in [3.63, 3.8) is 0 Å². The summed E-state index contributed by atoms with van der Waals surface area (Å²) in [5.74, 6) is 1.36. The summed E-state index contributed by atoms with van der Waals surface area (Å²) in [4.78, 5) is 2.59. The van der Waals surface area contributed by atoms with E-state index in [-0.39, 0.29) is 18.6 Å². The van der Waals surface area contributed by atoms with Crippen LogP contribution in [0.25, 0.3) is 10.9 Å². The molecule has 6 atom stereocenters. The van der Waals surface area contributed by atoms with E-state index in [9.17, 15) is 5.11 Å². The van der Waals surface area contributed by atoms with Crippen molar-refractivity contribution in [2.75, 3.05) is 20.3 Å². The first kappa shape index (κ1) is 15.9. The van der Waals surface area contributed by atoms with Crippen LogP contribution in [0, 0.1) is 17.8 Å². The Morgan fingerprint density at radius 3 is 2.80 bits per heavy atom. The normalized spacial score (nSPS) is 37.8. The highest BCUT2D eigenvalue weighted by Crippen LogP contribution is 2.52. The lowest BCUT2D eigenvalue weighted by atomic mass is 9.64. The SMILES string of the molecule is C[C@@H]1OC[C@@H]2[C@@H](C[C@H]3c4c(c5ccccc5n4C)C[C@@H]2N3C)[C@H]1CO. The van der Waals surface area contributed by atoms with Crippen molar-refractivity contribution in [1.82, 2.24) is 9.47 Å². The van der Waals surface area contributed by atoms with Crippen LogP contribution >= 0.6 is 0 Å². The summed E-state index contributed by atoms with van der Waals surface area (Å²) < 4.78 is 8.50. The van der Waals surface area contributed by atoms with E-state index in [1.807, 2.05) is 0 Å². The summed E-state index contributed by atoms with van der Waals surface area (Å²) in [7, 11) is 4.51. The molecule has 0 spiro atoms. The van der Waals surface area contributed by atoms with Crippen LogP contribution in [0.2, 0.25) is 0 Å². The van der Waals surface area contributed by atoms with Gasteiger partial charge in [-0.2, -0.15) is 0 Å². The lowest BCUT2D eigenvalue weighted by Crippen LogP contribution is -2.59. The number of likely N-dealkylation sites (N-methyl/N-ethyl adjacent to an activating group) is 1. The molecule has 1 aromatic carbocycles. The molecule has 3 aliphatic rings. The average molecular weight is 340 g/mol. The Labute approximate surface area is 149 Å². The number of fused-ring (bicyclic) bond motifs is 8. The minimum atomic E-state index is 0.169. The van der Waals surface area contributed by atoms with Gasteiger partial charge in [0.1, 0.15) is 0 Å². The molecule has 1 aromatic heterocycles. The third-order valence-electron chi connectivity index (χ3n) is 7.46. The van der Waals surface area contributed by atoms with Gasteiger partial charge >= 0.3 is 0 Å². The molecule has 3 aliphatic heterocycles. The van der Waals surface area contributed by atoms with Crippen molar-refractivity contribution in [3.05, 3.63) is 35.5 Å². The van der Waals surface area contributed by atoms with Crippen molar-refractivity contribution >= 4 is 10.9 Å². The third-order valence-corrected chi connectivity index (χ3v) is 7.46. The van der Waals surface area contributed by atoms with Crippen LogP contribution in [0.5, 0.6) is 0 Å². The van der Waals surface area contributed by atoms with Gasteiger partial charge in [-0.15, -0.1) is 0 Å². The molecule has 0 radical (unpaired) electrons. The molecule has 4 heteroatoms. The van der Waals surface area contributed by atoms with Crippen LogP contribution in [0.4, 0.5) is 0 Å². The van der Waals surface area contributed by atoms with Gasteiger partial charge in [0.25, 0.3) is 0 Å². The van der Waals surface area contributed by atoms with E-state index in [2.05, 4.69) is 54.8 Å². The summed E-state index contributed by atoms with van der Waals surface area (Å²) in [6.45, 7) is 3.21. The fourth-order valence-corrected chi connectivity index (χ4v) is 6.10. The zero-order valence-electron chi connectivity index (χ0n) is 15.4. The topological polar surface area (TPSA) is 37.6 Å². The molecule has 0 unspecified atom stereocenters. The number of rotatable bonds is 1. The van der Waals surface area contributed by atoms with Gasteiger partial charge in [0.05, 0.1) is 18.8 Å². The fraction of sp³-hybridized carbons (Fsp3) is 0.619. The number of ether oxygens (including phenoxy) is 1. The van der Waals surface area contributed by atoms with Gasteiger partial charge in [-0.1, -0.05) is 18.2 Å². The lowest BCUT2D eigenvalue weighted by Gasteiger charge is -2.56. The first-order valence-corrected chi connectivity index (χ1v) is 9.62. The standard InChI is InChI=1S/C21H28N2O2/c1-12-16(10-24)14-8-20-21-15(9-19(22(20)2)17(14)11-25-12)13-6-4-5-7-18(13)23(21)3/h4-7,12,14,16-17,19-20,24H,8-11H2,1-3H3/t12-,14-,16-,17+,19-,20-/m0/s1. The number of para-hydroxylation sites is 1. The van der Waals surface area contributed by atoms with Crippen molar-refractivity contribution in [2.24, 2.45) is 24.8 Å². The summed E-state index contributed by atoms with van der Waals surface area (Å²) in [6.07, 6.45) is 2.40. The van der Waals surface area contributed by atoms with Crippen molar-refractivity contribution in [2.45, 2.75) is 38.0 Å². The van der Waals surface area contributed by atoms with Gasteiger partial charge < -0.3 is 14.4 Å². The van der Waals surface area contributed by atoms with Crippen molar-refractivity contribution in [1.29, 1.82) is 0 Å². The second-order valence-corrected chi connectivity index (χ2v) is 8.34. The Morgan fingerprint density at radius 2 is 2.00 bits per heavy atom. The highest BCUT2D eigenvalue weighted by Gasteiger charge is 2.51. The van der Waals surface area contributed by atoms with Gasteiger partial charge in [-0.05, 0) is 44.4 Å². The fourth-order valence-electron chi connectivity index (χ4n) is 6.10. The largest absolute Gasteiger partial charge is 0.396 e. The first-order chi connectivity index (χ1) is 12.1. The van der Waals surface area contributed by atoms with Crippen LogP contribution in [0.3, 0.4) is 0 Å². The Balaban J connectivity index is 1.65. The average Bonchev–Trinajstić information content (AvgIpc) is 2.88. The molecule has 0 amide bonds. The number of hydrogen-bond donors (Lipinski definition) is 1. The number of aromatic nitrogens is 1. The molecule has 2 aromatic rings. The summed E-state index contributed by atoms with van der Waals surface area (Å²) in [6, 6.07) is 9.79. The summed E-state index contributed by atoms with van der Waals surface area (Å²) in [5, 5.41) is 11.4. The number of aliphatic hydroxyl groups is 1. The maximum absolute atomic E-state index is 9.99. The molecule has 25 heavy (non-hydrogen) atoms. The predicted octanol–water partition coefficient (Wildman–Crippen LogP) is 2.74. The minimum Gasteiger partial charge on any atom is -0.396 e. The van der Waals surface area contributed by atoms with Crippen LogP contribution in [0.1, 0.15) is 30.6 Å². The lowest BCUT2D eigenvalue weighted by molar-refractivity contribution is -0.150. The molecule has 4 heterocycles. The predicted molar refractivity (Wildman–Crippen MR) is 98.5 cm³/mol. The number of piperidine rings is 1. The minimum absolute atomic E-state index is 0.169. The molecule has 0 aliphatic carbocycles. The van der Waals surface area contributed by atoms with E-state index in [0.29, 0.717) is 23.9 Å². The summed E-state index contributed by atoms with van der Waals surface area (Å²) >= 11 is 0. The zero-order valence-corrected chi connectivity index (χ0v) is 15.4. The number of aryl methyl sites for hydroxylation is 1. The van der Waals surface area contributed by atoms with Crippen LogP contribution < -0.4 is 0 Å². The molecule has 5 rings (SSSR count). The molecular weight excluding hydrogens is 312 g/mol. The molecule has 0 saturated carbocycles. The number of hydrogen-bond acceptors (Lipinski definition) is 3. The molecule has 2 fully saturated rings. The van der Waals surface area contributed by atoms with Crippen molar-refractivity contribution in [3.8, 4) is 0 Å². The Morgan fingerprint density at radius 1 is 1.20 bits per heavy atom. The van der Waals surface area contributed by atoms with E-state index in [4.69, 9.17) is 4.74 Å². The second-order valence-electron chi connectivity index (χ2n) is 8.34. The highest BCUT2D eigenvalue weighted by atomic mass is 16.5. The van der Waals surface area contributed by atoms with Gasteiger partial charge in [0.2, 0.25) is 0 Å². The Kier molecular flexibility index (Phi) is 3.53. The molecule has 2 saturated heterocycles. The maximum Gasteiger partial charge on any atom is 0.0600 e. The monoisotopic (exact) mass is 340 g/mol. The number of nitrogens with zero attached hydrogens (tertiary/aromatic N) is 2. The molecule has 4 nitrogen and oxygen atoms in total. The number of benzene rings is 1. The van der Waals surface area contributed by atoms with Crippen molar-refractivity contribution < 1.29 is 9.84 Å². The van der Waals surface area contributed by atoms with E-state index < -0.39 is 0 Å². The summed E-state index contributed by atoms with van der Waals surface area (Å²) in [5.41, 5.74) is 4.39. The highest BCUT2D eigenvalue weighted by molar-refractivity contribution is 5.86. The molecular formula is C21H28N2O2. The van der Waals surface area contributed by atoms with E-state index in [0.717, 1.165) is 19.4 Å². The van der Waals surface area contributed by atoms with Gasteiger partial charge in [0.15, 0.2) is 0 Å². The van der Waals surface area contributed by atoms with Crippen LogP contribution in [0.15, 0.2) is 24.3 Å². The quantitative estimate of drug-likeness (QED) is 0.867. The second kappa shape index (κ2) is 5.57. The van der Waals surface area contributed by atoms with Crippen LogP contribution in [-0.2, 0) is 18.2 Å². The first-order valence-electron chi connectivity index (χ1n) is 9.62. The molecule has 134 valence electrons. The van der Waals surface area contributed by atoms with Gasteiger partial charge in [-0.3, -0.25) is 4.90 Å². The Hall–Kier alpha value is -1.36. The smallest absolute Gasteiger partial charge is 0.0600 e. The molecule has 1 N–H and O–H groups in total.